The van der Waals surface area contributed by atoms with Gasteiger partial charge in [0.2, 0.25) is 5.95 Å². The van der Waals surface area contributed by atoms with Crippen molar-refractivity contribution in [2.75, 3.05) is 19.2 Å². The lowest BCUT2D eigenvalue weighted by atomic mass is 10.1. The molecule has 3 heterocycles. The molecule has 1 aromatic carbocycles. The van der Waals surface area contributed by atoms with Crippen LogP contribution in [0.3, 0.4) is 0 Å². The number of ether oxygens (including phenoxy) is 2. The molecular weight excluding hydrogens is 392 g/mol. The van der Waals surface area contributed by atoms with Crippen molar-refractivity contribution in [3.63, 3.8) is 0 Å². The summed E-state index contributed by atoms with van der Waals surface area (Å²) in [5.74, 6) is 1.25. The molecule has 8 nitrogen and oxygen atoms in total. The summed E-state index contributed by atoms with van der Waals surface area (Å²) in [6.07, 6.45) is 3.57. The maximum atomic E-state index is 5.53. The minimum atomic E-state index is 0.186. The molecule has 8 heteroatoms. The molecule has 0 saturated heterocycles. The number of hydrogen-bond acceptors (Lipinski definition) is 7. The van der Waals surface area contributed by atoms with Crippen LogP contribution in [0, 0.1) is 6.92 Å². The highest BCUT2D eigenvalue weighted by atomic mass is 16.7. The van der Waals surface area contributed by atoms with Gasteiger partial charge in [0.25, 0.3) is 0 Å². The fourth-order valence-electron chi connectivity index (χ4n) is 3.24. The quantitative estimate of drug-likeness (QED) is 0.437. The van der Waals surface area contributed by atoms with Crippen molar-refractivity contribution in [2.24, 2.45) is 7.05 Å². The second kappa shape index (κ2) is 9.36. The van der Waals surface area contributed by atoms with Crippen LogP contribution in [-0.4, -0.2) is 38.6 Å². The van der Waals surface area contributed by atoms with E-state index in [1.165, 1.54) is 0 Å². The van der Waals surface area contributed by atoms with E-state index in [1.54, 1.807) is 13.3 Å². The number of benzene rings is 1. The molecule has 0 unspecified atom stereocenters. The third-order valence-corrected chi connectivity index (χ3v) is 4.85. The summed E-state index contributed by atoms with van der Waals surface area (Å²) in [7, 11) is 3.50. The zero-order valence-electron chi connectivity index (χ0n) is 17.7. The Morgan fingerprint density at radius 2 is 1.84 bits per heavy atom. The lowest BCUT2D eigenvalue weighted by Gasteiger charge is -2.11. The van der Waals surface area contributed by atoms with Crippen molar-refractivity contribution in [1.29, 1.82) is 0 Å². The lowest BCUT2D eigenvalue weighted by molar-refractivity contribution is 0.0503. The Bertz CT molecular complexity index is 1160. The summed E-state index contributed by atoms with van der Waals surface area (Å²) in [6.45, 7) is 2.60. The summed E-state index contributed by atoms with van der Waals surface area (Å²) in [5, 5.41) is 7.73. The van der Waals surface area contributed by atoms with Gasteiger partial charge in [-0.2, -0.15) is 5.10 Å². The summed E-state index contributed by atoms with van der Waals surface area (Å²) in [4.78, 5) is 13.7. The molecule has 0 fully saturated rings. The maximum Gasteiger partial charge on any atom is 0.223 e. The normalized spacial score (nSPS) is 10.8. The SMILES string of the molecule is COCOc1ccc(-c2cnn(C)c2CNc2nccc(-c3ccccc3)n2)nc1C. The largest absolute Gasteiger partial charge is 0.466 e. The van der Waals surface area contributed by atoms with E-state index in [0.29, 0.717) is 18.2 Å². The van der Waals surface area contributed by atoms with E-state index >= 15 is 0 Å². The minimum absolute atomic E-state index is 0.186. The highest BCUT2D eigenvalue weighted by Crippen LogP contribution is 2.26. The van der Waals surface area contributed by atoms with E-state index < -0.39 is 0 Å². The number of anilines is 1. The highest BCUT2D eigenvalue weighted by molar-refractivity contribution is 5.63. The number of aromatic nitrogens is 5. The maximum absolute atomic E-state index is 5.53. The Kier molecular flexibility index (Phi) is 6.18. The third-order valence-electron chi connectivity index (χ3n) is 4.85. The third kappa shape index (κ3) is 4.70. The smallest absolute Gasteiger partial charge is 0.223 e. The van der Waals surface area contributed by atoms with Crippen molar-refractivity contribution < 1.29 is 9.47 Å². The average Bonchev–Trinajstić information content (AvgIpc) is 3.18. The van der Waals surface area contributed by atoms with Gasteiger partial charge in [-0.3, -0.25) is 4.68 Å². The van der Waals surface area contributed by atoms with Crippen molar-refractivity contribution in [3.8, 4) is 28.3 Å². The molecule has 0 aliphatic carbocycles. The predicted molar refractivity (Wildman–Crippen MR) is 118 cm³/mol. The molecule has 4 aromatic rings. The van der Waals surface area contributed by atoms with E-state index in [2.05, 4.69) is 25.4 Å². The van der Waals surface area contributed by atoms with Gasteiger partial charge in [-0.05, 0) is 25.1 Å². The molecule has 0 radical (unpaired) electrons. The number of nitrogens with zero attached hydrogens (tertiary/aromatic N) is 5. The second-order valence-electron chi connectivity index (χ2n) is 6.94. The van der Waals surface area contributed by atoms with Gasteiger partial charge in [-0.1, -0.05) is 30.3 Å². The van der Waals surface area contributed by atoms with E-state index in [-0.39, 0.29) is 6.79 Å². The van der Waals surface area contributed by atoms with Crippen LogP contribution in [0.4, 0.5) is 5.95 Å². The molecule has 0 aliphatic heterocycles. The number of hydrogen-bond donors (Lipinski definition) is 1. The number of methoxy groups -OCH3 is 1. The van der Waals surface area contributed by atoms with Gasteiger partial charge in [-0.25, -0.2) is 15.0 Å². The molecule has 31 heavy (non-hydrogen) atoms. The summed E-state index contributed by atoms with van der Waals surface area (Å²) < 4.78 is 12.3. The molecule has 0 bridgehead atoms. The standard InChI is InChI=1S/C23H24N6O2/c1-16-22(31-15-30-3)10-9-20(27-16)18-13-26-29(2)21(18)14-25-23-24-12-11-19(28-23)17-7-5-4-6-8-17/h4-13H,14-15H2,1-3H3,(H,24,25,28). The minimum Gasteiger partial charge on any atom is -0.466 e. The average molecular weight is 416 g/mol. The highest BCUT2D eigenvalue weighted by Gasteiger charge is 2.14. The summed E-state index contributed by atoms with van der Waals surface area (Å²) in [6, 6.07) is 15.7. The Morgan fingerprint density at radius 3 is 2.61 bits per heavy atom. The van der Waals surface area contributed by atoms with Crippen LogP contribution < -0.4 is 10.1 Å². The molecule has 4 rings (SSSR count). The molecule has 0 spiro atoms. The van der Waals surface area contributed by atoms with Gasteiger partial charge in [-0.15, -0.1) is 0 Å². The van der Waals surface area contributed by atoms with Gasteiger partial charge in [0.05, 0.1) is 35.5 Å². The van der Waals surface area contributed by atoms with Crippen LogP contribution >= 0.6 is 0 Å². The van der Waals surface area contributed by atoms with E-state index in [1.807, 2.05) is 73.4 Å². The molecule has 0 saturated carbocycles. The number of nitrogens with one attached hydrogen (secondary N) is 1. The van der Waals surface area contributed by atoms with Crippen LogP contribution in [0.15, 0.2) is 60.9 Å². The number of rotatable bonds is 8. The topological polar surface area (TPSA) is 87.0 Å². The van der Waals surface area contributed by atoms with Gasteiger partial charge in [0.15, 0.2) is 6.79 Å². The van der Waals surface area contributed by atoms with Crippen molar-refractivity contribution >= 4 is 5.95 Å². The molecule has 0 atom stereocenters. The Balaban J connectivity index is 1.54. The van der Waals surface area contributed by atoms with Crippen LogP contribution in [-0.2, 0) is 18.3 Å². The van der Waals surface area contributed by atoms with Gasteiger partial charge in [0.1, 0.15) is 5.75 Å². The van der Waals surface area contributed by atoms with Crippen LogP contribution in [0.5, 0.6) is 5.75 Å². The predicted octanol–water partition coefficient (Wildman–Crippen LogP) is 3.84. The first-order valence-electron chi connectivity index (χ1n) is 9.88. The molecule has 0 amide bonds. The first kappa shape index (κ1) is 20.5. The first-order chi connectivity index (χ1) is 15.2. The lowest BCUT2D eigenvalue weighted by Crippen LogP contribution is -2.09. The second-order valence-corrected chi connectivity index (χ2v) is 6.94. The molecular formula is C23H24N6O2. The van der Waals surface area contributed by atoms with Gasteiger partial charge in [0, 0.05) is 31.5 Å². The Hall–Kier alpha value is -3.78. The van der Waals surface area contributed by atoms with E-state index in [0.717, 1.165) is 33.9 Å². The summed E-state index contributed by atoms with van der Waals surface area (Å²) in [5.41, 5.74) is 5.45. The van der Waals surface area contributed by atoms with Gasteiger partial charge >= 0.3 is 0 Å². The first-order valence-corrected chi connectivity index (χ1v) is 9.88. The van der Waals surface area contributed by atoms with Crippen molar-refractivity contribution in [1.82, 2.24) is 24.7 Å². The van der Waals surface area contributed by atoms with Crippen LogP contribution in [0.1, 0.15) is 11.4 Å². The van der Waals surface area contributed by atoms with Crippen LogP contribution in [0.2, 0.25) is 0 Å². The number of aryl methyl sites for hydroxylation is 2. The van der Waals surface area contributed by atoms with Crippen LogP contribution in [0.25, 0.3) is 22.5 Å². The van der Waals surface area contributed by atoms with Gasteiger partial charge < -0.3 is 14.8 Å². The fraction of sp³-hybridized carbons (Fsp3) is 0.217. The van der Waals surface area contributed by atoms with Crippen molar-refractivity contribution in [2.45, 2.75) is 13.5 Å². The molecule has 1 N–H and O–H groups in total. The zero-order valence-corrected chi connectivity index (χ0v) is 17.7. The Labute approximate surface area is 180 Å². The van der Waals surface area contributed by atoms with E-state index in [9.17, 15) is 0 Å². The molecule has 158 valence electrons. The monoisotopic (exact) mass is 416 g/mol. The van der Waals surface area contributed by atoms with Crippen molar-refractivity contribution in [3.05, 3.63) is 72.3 Å². The van der Waals surface area contributed by atoms with E-state index in [4.69, 9.17) is 9.47 Å². The fourth-order valence-corrected chi connectivity index (χ4v) is 3.24. The summed E-state index contributed by atoms with van der Waals surface area (Å²) >= 11 is 0. The zero-order chi connectivity index (χ0) is 21.6. The Morgan fingerprint density at radius 1 is 1.00 bits per heavy atom. The molecule has 0 aliphatic rings. The number of pyridine rings is 1. The molecule has 3 aromatic heterocycles.